The Morgan fingerprint density at radius 1 is 1.19 bits per heavy atom. The van der Waals surface area contributed by atoms with Crippen LogP contribution in [0.15, 0.2) is 36.4 Å². The zero-order valence-electron chi connectivity index (χ0n) is 15.1. The van der Waals surface area contributed by atoms with Crippen LogP contribution < -0.4 is 5.32 Å². The highest BCUT2D eigenvalue weighted by atomic mass is 19.2. The average molecular weight is 369 g/mol. The van der Waals surface area contributed by atoms with Gasteiger partial charge in [0.25, 0.3) is 0 Å². The number of ketones is 1. The van der Waals surface area contributed by atoms with E-state index in [2.05, 4.69) is 16.3 Å². The standard InChI is InChI=1S/C21H21F2N3O/c1-14(27)16-3-4-17(12-24)21(11-16)25-18-6-8-26(9-7-18)13-15-2-5-19(22)20(23)10-15/h2-5,10-11,18,25H,6-9,13H2,1H3. The largest absolute Gasteiger partial charge is 0.381 e. The summed E-state index contributed by atoms with van der Waals surface area (Å²) in [6, 6.07) is 11.4. The lowest BCUT2D eigenvalue weighted by Crippen LogP contribution is -2.38. The first-order valence-electron chi connectivity index (χ1n) is 8.94. The Balaban J connectivity index is 1.59. The molecule has 0 radical (unpaired) electrons. The smallest absolute Gasteiger partial charge is 0.159 e. The fourth-order valence-electron chi connectivity index (χ4n) is 3.33. The molecule has 6 heteroatoms. The molecule has 0 unspecified atom stereocenters. The minimum atomic E-state index is -0.831. The van der Waals surface area contributed by atoms with E-state index in [9.17, 15) is 18.8 Å². The van der Waals surface area contributed by atoms with Crippen LogP contribution in [0.2, 0.25) is 0 Å². The molecule has 2 aromatic rings. The van der Waals surface area contributed by atoms with Crippen molar-refractivity contribution in [2.24, 2.45) is 0 Å². The molecule has 1 heterocycles. The van der Waals surface area contributed by atoms with Gasteiger partial charge in [-0.15, -0.1) is 0 Å². The fourth-order valence-corrected chi connectivity index (χ4v) is 3.33. The van der Waals surface area contributed by atoms with Crippen LogP contribution in [0, 0.1) is 23.0 Å². The van der Waals surface area contributed by atoms with Gasteiger partial charge in [0, 0.05) is 31.2 Å². The first-order chi connectivity index (χ1) is 13.0. The number of likely N-dealkylation sites (tertiary alicyclic amines) is 1. The van der Waals surface area contributed by atoms with Gasteiger partial charge >= 0.3 is 0 Å². The van der Waals surface area contributed by atoms with E-state index in [0.717, 1.165) is 37.6 Å². The number of piperidine rings is 1. The average Bonchev–Trinajstić information content (AvgIpc) is 2.66. The highest BCUT2D eigenvalue weighted by Crippen LogP contribution is 2.23. The van der Waals surface area contributed by atoms with Crippen molar-refractivity contribution in [3.8, 4) is 6.07 Å². The molecule has 0 spiro atoms. The number of hydrogen-bond donors (Lipinski definition) is 1. The van der Waals surface area contributed by atoms with E-state index in [1.165, 1.54) is 13.0 Å². The van der Waals surface area contributed by atoms with Crippen molar-refractivity contribution in [2.75, 3.05) is 18.4 Å². The Morgan fingerprint density at radius 3 is 2.56 bits per heavy atom. The van der Waals surface area contributed by atoms with Crippen LogP contribution in [-0.2, 0) is 6.54 Å². The molecule has 27 heavy (non-hydrogen) atoms. The highest BCUT2D eigenvalue weighted by molar-refractivity contribution is 5.95. The molecule has 4 nitrogen and oxygen atoms in total. The maximum atomic E-state index is 13.3. The van der Waals surface area contributed by atoms with Crippen molar-refractivity contribution in [1.82, 2.24) is 4.90 Å². The molecule has 0 amide bonds. The molecule has 1 aliphatic heterocycles. The summed E-state index contributed by atoms with van der Waals surface area (Å²) in [6.45, 7) is 3.70. The minimum Gasteiger partial charge on any atom is -0.381 e. The van der Waals surface area contributed by atoms with Crippen molar-refractivity contribution in [3.63, 3.8) is 0 Å². The van der Waals surface area contributed by atoms with Crippen molar-refractivity contribution in [3.05, 3.63) is 64.7 Å². The van der Waals surface area contributed by atoms with Gasteiger partial charge in [0.1, 0.15) is 6.07 Å². The van der Waals surface area contributed by atoms with Gasteiger partial charge in [-0.25, -0.2) is 8.78 Å². The Bertz CT molecular complexity index is 883. The fraction of sp³-hybridized carbons (Fsp3) is 0.333. The molecule has 1 saturated heterocycles. The highest BCUT2D eigenvalue weighted by Gasteiger charge is 2.20. The Hall–Kier alpha value is -2.78. The van der Waals surface area contributed by atoms with Gasteiger partial charge in [-0.3, -0.25) is 9.69 Å². The number of halogens is 2. The van der Waals surface area contributed by atoms with Crippen LogP contribution in [0.25, 0.3) is 0 Å². The van der Waals surface area contributed by atoms with Gasteiger partial charge in [0.05, 0.1) is 11.3 Å². The zero-order chi connectivity index (χ0) is 19.4. The van der Waals surface area contributed by atoms with E-state index in [-0.39, 0.29) is 11.8 Å². The number of anilines is 1. The summed E-state index contributed by atoms with van der Waals surface area (Å²) in [5.41, 5.74) is 2.53. The second-order valence-corrected chi connectivity index (χ2v) is 6.87. The van der Waals surface area contributed by atoms with E-state index in [1.807, 2.05) is 0 Å². The van der Waals surface area contributed by atoms with Crippen LogP contribution in [-0.4, -0.2) is 29.8 Å². The van der Waals surface area contributed by atoms with Gasteiger partial charge in [0.15, 0.2) is 17.4 Å². The lowest BCUT2D eigenvalue weighted by molar-refractivity contribution is 0.101. The molecule has 1 N–H and O–H groups in total. The summed E-state index contributed by atoms with van der Waals surface area (Å²) in [4.78, 5) is 13.8. The zero-order valence-corrected chi connectivity index (χ0v) is 15.1. The summed E-state index contributed by atoms with van der Waals surface area (Å²) in [5.74, 6) is -1.69. The maximum absolute atomic E-state index is 13.3. The van der Waals surface area contributed by atoms with Gasteiger partial charge in [0.2, 0.25) is 0 Å². The molecule has 0 atom stereocenters. The van der Waals surface area contributed by atoms with Gasteiger partial charge in [-0.2, -0.15) is 5.26 Å². The molecule has 0 aliphatic carbocycles. The van der Waals surface area contributed by atoms with Crippen molar-refractivity contribution < 1.29 is 13.6 Å². The van der Waals surface area contributed by atoms with Gasteiger partial charge in [-0.1, -0.05) is 6.07 Å². The number of nitriles is 1. The van der Waals surface area contributed by atoms with Crippen LogP contribution in [0.1, 0.15) is 41.3 Å². The third kappa shape index (κ3) is 4.69. The summed E-state index contributed by atoms with van der Waals surface area (Å²) >= 11 is 0. The number of carbonyl (C=O) groups is 1. The van der Waals surface area contributed by atoms with Gasteiger partial charge in [-0.05, 0) is 55.7 Å². The van der Waals surface area contributed by atoms with Crippen molar-refractivity contribution in [1.29, 1.82) is 5.26 Å². The quantitative estimate of drug-likeness (QED) is 0.806. The number of nitrogens with zero attached hydrogens (tertiary/aromatic N) is 2. The number of nitrogens with one attached hydrogen (secondary N) is 1. The first kappa shape index (κ1) is 19.0. The molecular weight excluding hydrogens is 348 g/mol. The molecule has 2 aromatic carbocycles. The van der Waals surface area contributed by atoms with Gasteiger partial charge < -0.3 is 5.32 Å². The van der Waals surface area contributed by atoms with Crippen LogP contribution >= 0.6 is 0 Å². The van der Waals surface area contributed by atoms with E-state index in [4.69, 9.17) is 0 Å². The second kappa shape index (κ2) is 8.28. The lowest BCUT2D eigenvalue weighted by atomic mass is 10.0. The normalized spacial score (nSPS) is 15.3. The number of hydrogen-bond acceptors (Lipinski definition) is 4. The number of Topliss-reactive ketones (excluding diaryl/α,β-unsaturated/α-hetero) is 1. The summed E-state index contributed by atoms with van der Waals surface area (Å²) in [5, 5.41) is 12.7. The predicted octanol–water partition coefficient (Wildman–Crippen LogP) is 4.12. The third-order valence-corrected chi connectivity index (χ3v) is 4.88. The van der Waals surface area contributed by atoms with E-state index < -0.39 is 11.6 Å². The minimum absolute atomic E-state index is 0.0381. The van der Waals surface area contributed by atoms with Crippen molar-refractivity contribution >= 4 is 11.5 Å². The molecule has 140 valence electrons. The predicted molar refractivity (Wildman–Crippen MR) is 99.4 cm³/mol. The summed E-state index contributed by atoms with van der Waals surface area (Å²) in [6.07, 6.45) is 1.72. The SMILES string of the molecule is CC(=O)c1ccc(C#N)c(NC2CCN(Cc3ccc(F)c(F)c3)CC2)c1. The summed E-state index contributed by atoms with van der Waals surface area (Å²) < 4.78 is 26.4. The Kier molecular flexibility index (Phi) is 5.82. The van der Waals surface area contributed by atoms with Crippen LogP contribution in [0.4, 0.5) is 14.5 Å². The van der Waals surface area contributed by atoms with E-state index >= 15 is 0 Å². The van der Waals surface area contributed by atoms with Crippen LogP contribution in [0.5, 0.6) is 0 Å². The topological polar surface area (TPSA) is 56.1 Å². The third-order valence-electron chi connectivity index (χ3n) is 4.88. The molecule has 1 fully saturated rings. The molecule has 1 aliphatic rings. The molecule has 0 aromatic heterocycles. The van der Waals surface area contributed by atoms with E-state index in [1.54, 1.807) is 24.3 Å². The maximum Gasteiger partial charge on any atom is 0.159 e. The Labute approximate surface area is 157 Å². The number of rotatable bonds is 5. The Morgan fingerprint density at radius 2 is 1.93 bits per heavy atom. The first-order valence-corrected chi connectivity index (χ1v) is 8.94. The second-order valence-electron chi connectivity index (χ2n) is 6.87. The van der Waals surface area contributed by atoms with Crippen LogP contribution in [0.3, 0.4) is 0 Å². The molecule has 0 saturated carbocycles. The monoisotopic (exact) mass is 369 g/mol. The van der Waals surface area contributed by atoms with E-state index in [0.29, 0.717) is 23.4 Å². The molecule has 0 bridgehead atoms. The van der Waals surface area contributed by atoms with Crippen molar-refractivity contribution in [2.45, 2.75) is 32.4 Å². The number of carbonyl (C=O) groups excluding carboxylic acids is 1. The number of benzene rings is 2. The summed E-state index contributed by atoms with van der Waals surface area (Å²) in [7, 11) is 0. The molecular formula is C21H21F2N3O. The molecule has 3 rings (SSSR count). The lowest BCUT2D eigenvalue weighted by Gasteiger charge is -2.33.